The Morgan fingerprint density at radius 2 is 1.55 bits per heavy atom. The summed E-state index contributed by atoms with van der Waals surface area (Å²) in [7, 11) is 0. The highest BCUT2D eigenvalue weighted by atomic mass is 35.5. The van der Waals surface area contributed by atoms with Crippen molar-refractivity contribution in [2.75, 3.05) is 13.2 Å². The van der Waals surface area contributed by atoms with Crippen LogP contribution in [0.2, 0.25) is 5.02 Å². The molecule has 0 saturated carbocycles. The molecule has 0 N–H and O–H groups in total. The van der Waals surface area contributed by atoms with Crippen molar-refractivity contribution in [3.8, 4) is 0 Å². The van der Waals surface area contributed by atoms with Gasteiger partial charge in [0.15, 0.2) is 0 Å². The maximum Gasteiger partial charge on any atom is 0.215 e. The van der Waals surface area contributed by atoms with E-state index in [0.29, 0.717) is 18.2 Å². The van der Waals surface area contributed by atoms with Gasteiger partial charge >= 0.3 is 0 Å². The van der Waals surface area contributed by atoms with Gasteiger partial charge in [-0.15, -0.1) is 0 Å². The molecule has 3 heteroatoms. The summed E-state index contributed by atoms with van der Waals surface area (Å²) in [6.07, 6.45) is 3.87. The number of ether oxygens (including phenoxy) is 2. The summed E-state index contributed by atoms with van der Waals surface area (Å²) in [5.74, 6) is -0.805. The van der Waals surface area contributed by atoms with Gasteiger partial charge in [-0.2, -0.15) is 0 Å². The normalized spacial score (nSPS) is 17.6. The van der Waals surface area contributed by atoms with Crippen LogP contribution < -0.4 is 0 Å². The van der Waals surface area contributed by atoms with Crippen LogP contribution in [0, 0.1) is 0 Å². The van der Waals surface area contributed by atoms with Crippen LogP contribution in [0.4, 0.5) is 0 Å². The minimum absolute atomic E-state index is 0.585. The van der Waals surface area contributed by atoms with Crippen LogP contribution in [-0.2, 0) is 15.3 Å². The third-order valence-corrected chi connectivity index (χ3v) is 3.62. The molecule has 0 bridgehead atoms. The molecule has 0 aromatic heterocycles. The number of halogens is 1. The number of hydrogen-bond donors (Lipinski definition) is 0. The van der Waals surface area contributed by atoms with Crippen LogP contribution >= 0.6 is 11.6 Å². The fourth-order valence-electron chi connectivity index (χ4n) is 2.27. The molecule has 102 valence electrons. The van der Waals surface area contributed by atoms with Crippen molar-refractivity contribution in [3.63, 3.8) is 0 Å². The molecular weight excluding hydrogens is 272 g/mol. The van der Waals surface area contributed by atoms with Crippen molar-refractivity contribution in [1.29, 1.82) is 0 Å². The minimum Gasteiger partial charge on any atom is -0.340 e. The lowest BCUT2D eigenvalue weighted by molar-refractivity contribution is -0.122. The molecular formula is C17H15ClO2. The van der Waals surface area contributed by atoms with E-state index in [2.05, 4.69) is 0 Å². The molecule has 0 spiro atoms. The second kappa shape index (κ2) is 5.80. The summed E-state index contributed by atoms with van der Waals surface area (Å²) in [6.45, 7) is 1.17. The van der Waals surface area contributed by atoms with E-state index in [4.69, 9.17) is 21.1 Å². The van der Waals surface area contributed by atoms with Gasteiger partial charge in [-0.25, -0.2) is 0 Å². The maximum atomic E-state index is 6.17. The molecule has 0 atom stereocenters. The first-order chi connectivity index (χ1) is 9.80. The fraction of sp³-hybridized carbons (Fsp3) is 0.176. The maximum absolute atomic E-state index is 6.17. The van der Waals surface area contributed by atoms with Gasteiger partial charge in [0.05, 0.1) is 13.2 Å². The first-order valence-corrected chi connectivity index (χ1v) is 6.95. The summed E-state index contributed by atoms with van der Waals surface area (Å²) < 4.78 is 11.7. The standard InChI is InChI=1S/C17H15ClO2/c18-16-9-5-4-6-14(16)10-11-17(19-12-13-20-17)15-7-2-1-3-8-15/h1-11H,12-13H2/b11-10+. The Morgan fingerprint density at radius 1 is 0.900 bits per heavy atom. The molecule has 1 heterocycles. The summed E-state index contributed by atoms with van der Waals surface area (Å²) in [5.41, 5.74) is 1.93. The third-order valence-electron chi connectivity index (χ3n) is 3.28. The van der Waals surface area contributed by atoms with Crippen molar-refractivity contribution < 1.29 is 9.47 Å². The number of benzene rings is 2. The smallest absolute Gasteiger partial charge is 0.215 e. The van der Waals surface area contributed by atoms with E-state index >= 15 is 0 Å². The highest BCUT2D eigenvalue weighted by Crippen LogP contribution is 2.34. The highest BCUT2D eigenvalue weighted by molar-refractivity contribution is 6.32. The van der Waals surface area contributed by atoms with E-state index in [-0.39, 0.29) is 0 Å². The van der Waals surface area contributed by atoms with Gasteiger partial charge in [0.25, 0.3) is 0 Å². The zero-order valence-corrected chi connectivity index (χ0v) is 11.7. The Labute approximate surface area is 123 Å². The first-order valence-electron chi connectivity index (χ1n) is 6.57. The SMILES string of the molecule is Clc1ccccc1/C=C/C1(c2ccccc2)OCCO1. The van der Waals surface area contributed by atoms with E-state index < -0.39 is 5.79 Å². The quantitative estimate of drug-likeness (QED) is 0.840. The summed E-state index contributed by atoms with van der Waals surface area (Å²) in [6, 6.07) is 17.6. The summed E-state index contributed by atoms with van der Waals surface area (Å²) >= 11 is 6.17. The average Bonchev–Trinajstić information content (AvgIpc) is 2.98. The molecule has 20 heavy (non-hydrogen) atoms. The van der Waals surface area contributed by atoms with Crippen molar-refractivity contribution in [2.45, 2.75) is 5.79 Å². The molecule has 1 fully saturated rings. The van der Waals surface area contributed by atoms with Crippen molar-refractivity contribution in [3.05, 3.63) is 76.8 Å². The van der Waals surface area contributed by atoms with Crippen LogP contribution in [0.1, 0.15) is 11.1 Å². The van der Waals surface area contributed by atoms with E-state index in [1.165, 1.54) is 0 Å². The lowest BCUT2D eigenvalue weighted by Crippen LogP contribution is -2.24. The Balaban J connectivity index is 1.95. The van der Waals surface area contributed by atoms with Crippen LogP contribution in [0.5, 0.6) is 0 Å². The molecule has 0 aliphatic carbocycles. The molecule has 2 nitrogen and oxygen atoms in total. The van der Waals surface area contributed by atoms with Crippen molar-refractivity contribution in [2.24, 2.45) is 0 Å². The topological polar surface area (TPSA) is 18.5 Å². The second-order valence-electron chi connectivity index (χ2n) is 4.59. The Bertz CT molecular complexity index is 601. The van der Waals surface area contributed by atoms with Crippen LogP contribution in [0.15, 0.2) is 60.7 Å². The van der Waals surface area contributed by atoms with Crippen LogP contribution in [0.3, 0.4) is 0 Å². The predicted molar refractivity (Wildman–Crippen MR) is 80.5 cm³/mol. The van der Waals surface area contributed by atoms with E-state index in [0.717, 1.165) is 11.1 Å². The Morgan fingerprint density at radius 3 is 2.25 bits per heavy atom. The number of hydrogen-bond acceptors (Lipinski definition) is 2. The lowest BCUT2D eigenvalue weighted by Gasteiger charge is -2.24. The van der Waals surface area contributed by atoms with Crippen LogP contribution in [-0.4, -0.2) is 13.2 Å². The van der Waals surface area contributed by atoms with Crippen molar-refractivity contribution >= 4 is 17.7 Å². The second-order valence-corrected chi connectivity index (χ2v) is 4.99. The van der Waals surface area contributed by atoms with Gasteiger partial charge in [-0.1, -0.05) is 66.2 Å². The monoisotopic (exact) mass is 286 g/mol. The number of rotatable bonds is 3. The lowest BCUT2D eigenvalue weighted by atomic mass is 10.0. The molecule has 1 aliphatic heterocycles. The van der Waals surface area contributed by atoms with Crippen LogP contribution in [0.25, 0.3) is 6.08 Å². The highest BCUT2D eigenvalue weighted by Gasteiger charge is 2.35. The molecule has 2 aromatic carbocycles. The van der Waals surface area contributed by atoms with Crippen molar-refractivity contribution in [1.82, 2.24) is 0 Å². The average molecular weight is 287 g/mol. The summed E-state index contributed by atoms with van der Waals surface area (Å²) in [4.78, 5) is 0. The van der Waals surface area contributed by atoms with Gasteiger partial charge in [-0.05, 0) is 17.7 Å². The van der Waals surface area contributed by atoms with Gasteiger partial charge in [0.1, 0.15) is 0 Å². The predicted octanol–water partition coefficient (Wildman–Crippen LogP) is 4.25. The molecule has 0 radical (unpaired) electrons. The first kappa shape index (κ1) is 13.4. The minimum atomic E-state index is -0.805. The Kier molecular flexibility index (Phi) is 3.88. The molecule has 1 saturated heterocycles. The van der Waals surface area contributed by atoms with E-state index in [1.807, 2.05) is 66.7 Å². The van der Waals surface area contributed by atoms with Gasteiger partial charge in [0.2, 0.25) is 5.79 Å². The summed E-state index contributed by atoms with van der Waals surface area (Å²) in [5, 5.41) is 0.713. The van der Waals surface area contributed by atoms with Gasteiger partial charge in [-0.3, -0.25) is 0 Å². The molecule has 2 aromatic rings. The molecule has 3 rings (SSSR count). The van der Waals surface area contributed by atoms with Gasteiger partial charge < -0.3 is 9.47 Å². The third kappa shape index (κ3) is 2.63. The fourth-order valence-corrected chi connectivity index (χ4v) is 2.47. The Hall–Kier alpha value is -1.61. The van der Waals surface area contributed by atoms with E-state index in [1.54, 1.807) is 0 Å². The molecule has 0 unspecified atom stereocenters. The zero-order valence-electron chi connectivity index (χ0n) is 11.0. The molecule has 0 amide bonds. The molecule has 1 aliphatic rings. The van der Waals surface area contributed by atoms with Gasteiger partial charge in [0, 0.05) is 10.6 Å². The van der Waals surface area contributed by atoms with E-state index in [9.17, 15) is 0 Å². The largest absolute Gasteiger partial charge is 0.340 e. The zero-order chi connectivity index (χ0) is 13.8.